The molecule has 1 aromatic heterocycles. The van der Waals surface area contributed by atoms with Gasteiger partial charge in [-0.2, -0.15) is 0 Å². The van der Waals surface area contributed by atoms with Crippen LogP contribution in [0.15, 0.2) is 59.6 Å². The van der Waals surface area contributed by atoms with Gasteiger partial charge in [0.05, 0.1) is 22.4 Å². The summed E-state index contributed by atoms with van der Waals surface area (Å²) in [5, 5.41) is 5.39. The summed E-state index contributed by atoms with van der Waals surface area (Å²) in [6, 6.07) is 9.78. The van der Waals surface area contributed by atoms with Crippen LogP contribution in [-0.4, -0.2) is 25.2 Å². The Morgan fingerprint density at radius 3 is 2.53 bits per heavy atom. The van der Waals surface area contributed by atoms with Crippen molar-refractivity contribution in [2.75, 3.05) is 15.4 Å². The van der Waals surface area contributed by atoms with Gasteiger partial charge in [0, 0.05) is 12.3 Å². The first-order valence-electron chi connectivity index (χ1n) is 10.4. The number of carbonyl (C=O) groups is 2. The Hall–Kier alpha value is -3.86. The molecule has 3 aromatic rings. The first-order valence-corrected chi connectivity index (χ1v) is 11.9. The summed E-state index contributed by atoms with van der Waals surface area (Å²) in [7, 11) is -4.46. The normalized spacial score (nSPS) is 15.9. The largest absolute Gasteiger partial charge is 0.324 e. The molecule has 0 bridgehead atoms. The second kappa shape index (κ2) is 7.87. The fourth-order valence-corrected chi connectivity index (χ4v) is 5.40. The summed E-state index contributed by atoms with van der Waals surface area (Å²) < 4.78 is 55.4. The lowest BCUT2D eigenvalue weighted by molar-refractivity contribution is -0.123. The van der Waals surface area contributed by atoms with Crippen LogP contribution in [0, 0.1) is 11.6 Å². The first-order chi connectivity index (χ1) is 16.2. The van der Waals surface area contributed by atoms with E-state index in [1.807, 2.05) is 0 Å². The number of halogens is 2. The number of sulfonamides is 1. The maximum atomic E-state index is 14.2. The number of aromatic nitrogens is 1. The third kappa shape index (κ3) is 3.58. The molecule has 1 saturated carbocycles. The highest BCUT2D eigenvalue weighted by molar-refractivity contribution is 7.92. The summed E-state index contributed by atoms with van der Waals surface area (Å²) in [4.78, 5) is 29.2. The molecule has 2 amide bonds. The van der Waals surface area contributed by atoms with Gasteiger partial charge in [-0.15, -0.1) is 0 Å². The molecule has 1 spiro atoms. The number of anilines is 3. The molecule has 1 fully saturated rings. The topological polar surface area (TPSA) is 117 Å². The van der Waals surface area contributed by atoms with Gasteiger partial charge in [-0.1, -0.05) is 12.5 Å². The summed E-state index contributed by atoms with van der Waals surface area (Å²) >= 11 is 0. The lowest BCUT2D eigenvalue weighted by Crippen LogP contribution is -2.40. The van der Waals surface area contributed by atoms with Crippen molar-refractivity contribution < 1.29 is 26.8 Å². The Labute approximate surface area is 193 Å². The molecule has 0 radical (unpaired) electrons. The summed E-state index contributed by atoms with van der Waals surface area (Å²) in [5.41, 5.74) is -0.0597. The zero-order valence-corrected chi connectivity index (χ0v) is 18.4. The molecule has 11 heteroatoms. The fraction of sp³-hybridized carbons (Fsp3) is 0.174. The lowest BCUT2D eigenvalue weighted by Gasteiger charge is -2.36. The molecule has 0 unspecified atom stereocenters. The second-order valence-electron chi connectivity index (χ2n) is 8.19. The SMILES string of the molecule is O=C(Nc1ccccn1)c1cc(NS(=O)(=O)c2ccc(F)cc2F)cc2c1NC(=O)C21CCC1. The first kappa shape index (κ1) is 22.0. The van der Waals surface area contributed by atoms with Crippen molar-refractivity contribution in [1.29, 1.82) is 0 Å². The molecule has 3 N–H and O–H groups in total. The predicted molar refractivity (Wildman–Crippen MR) is 120 cm³/mol. The average molecular weight is 484 g/mol. The molecule has 1 aliphatic heterocycles. The Morgan fingerprint density at radius 2 is 1.88 bits per heavy atom. The standard InChI is InChI=1S/C23H18F2N4O4S/c24-13-5-6-18(17(25)10-13)34(32,33)29-14-11-15(21(30)27-19-4-1-2-9-26-19)20-16(12-14)23(7-3-8-23)22(31)28-20/h1-2,4-6,9-12,29H,3,7-8H2,(H,28,31)(H,26,27,30). The van der Waals surface area contributed by atoms with Gasteiger partial charge in [0.1, 0.15) is 22.3 Å². The molecule has 2 aliphatic rings. The second-order valence-corrected chi connectivity index (χ2v) is 9.84. The molecule has 174 valence electrons. The molecule has 8 nitrogen and oxygen atoms in total. The van der Waals surface area contributed by atoms with Gasteiger partial charge in [-0.3, -0.25) is 14.3 Å². The highest BCUT2D eigenvalue weighted by atomic mass is 32.2. The number of carbonyl (C=O) groups excluding carboxylic acids is 2. The van der Waals surface area contributed by atoms with Gasteiger partial charge in [-0.25, -0.2) is 22.2 Å². The Bertz CT molecular complexity index is 1440. The van der Waals surface area contributed by atoms with Crippen molar-refractivity contribution in [1.82, 2.24) is 4.98 Å². The smallest absolute Gasteiger partial charge is 0.264 e. The maximum absolute atomic E-state index is 14.2. The van der Waals surface area contributed by atoms with E-state index in [1.54, 1.807) is 18.2 Å². The van der Waals surface area contributed by atoms with Crippen molar-refractivity contribution >= 4 is 39.0 Å². The number of fused-ring (bicyclic) bond motifs is 2. The van der Waals surface area contributed by atoms with Gasteiger partial charge >= 0.3 is 0 Å². The monoisotopic (exact) mass is 484 g/mol. The van der Waals surface area contributed by atoms with Crippen LogP contribution in [0.25, 0.3) is 0 Å². The number of benzene rings is 2. The third-order valence-electron chi connectivity index (χ3n) is 6.12. The van der Waals surface area contributed by atoms with E-state index in [2.05, 4.69) is 20.3 Å². The van der Waals surface area contributed by atoms with Gasteiger partial charge < -0.3 is 10.6 Å². The quantitative estimate of drug-likeness (QED) is 0.510. The Morgan fingerprint density at radius 1 is 1.09 bits per heavy atom. The predicted octanol–water partition coefficient (Wildman–Crippen LogP) is 3.79. The molecule has 0 saturated heterocycles. The summed E-state index contributed by atoms with van der Waals surface area (Å²) in [5.74, 6) is -2.78. The minimum atomic E-state index is -4.46. The average Bonchev–Trinajstić information content (AvgIpc) is 3.05. The zero-order chi connectivity index (χ0) is 24.1. The molecule has 5 rings (SSSR count). The van der Waals surface area contributed by atoms with Gasteiger partial charge in [0.15, 0.2) is 0 Å². The zero-order valence-electron chi connectivity index (χ0n) is 17.6. The van der Waals surface area contributed by atoms with Gasteiger partial charge in [-0.05, 0) is 54.8 Å². The summed E-state index contributed by atoms with van der Waals surface area (Å²) in [6.07, 6.45) is 3.40. The van der Waals surface area contributed by atoms with Crippen LogP contribution in [0.2, 0.25) is 0 Å². The van der Waals surface area contributed by atoms with E-state index in [1.165, 1.54) is 18.3 Å². The third-order valence-corrected chi connectivity index (χ3v) is 7.54. The van der Waals surface area contributed by atoms with Crippen LogP contribution in [0.1, 0.15) is 35.2 Å². The molecule has 2 aromatic carbocycles. The van der Waals surface area contributed by atoms with Crippen molar-refractivity contribution in [3.8, 4) is 0 Å². The van der Waals surface area contributed by atoms with E-state index >= 15 is 0 Å². The van der Waals surface area contributed by atoms with E-state index in [0.29, 0.717) is 30.2 Å². The van der Waals surface area contributed by atoms with Crippen molar-refractivity contribution in [2.24, 2.45) is 0 Å². The van der Waals surface area contributed by atoms with E-state index in [0.717, 1.165) is 18.6 Å². The minimum Gasteiger partial charge on any atom is -0.324 e. The molecular weight excluding hydrogens is 466 g/mol. The lowest BCUT2D eigenvalue weighted by atomic mass is 9.65. The van der Waals surface area contributed by atoms with Crippen LogP contribution < -0.4 is 15.4 Å². The Kier molecular flexibility index (Phi) is 5.08. The maximum Gasteiger partial charge on any atom is 0.264 e. The molecule has 34 heavy (non-hydrogen) atoms. The molecule has 2 heterocycles. The minimum absolute atomic E-state index is 0.0255. The highest BCUT2D eigenvalue weighted by Gasteiger charge is 2.52. The fourth-order valence-electron chi connectivity index (χ4n) is 4.30. The highest BCUT2D eigenvalue weighted by Crippen LogP contribution is 2.53. The van der Waals surface area contributed by atoms with E-state index in [4.69, 9.17) is 0 Å². The van der Waals surface area contributed by atoms with Crippen LogP contribution in [0.4, 0.5) is 26.0 Å². The number of pyridine rings is 1. The van der Waals surface area contributed by atoms with Crippen LogP contribution in [0.5, 0.6) is 0 Å². The number of nitrogens with one attached hydrogen (secondary N) is 3. The van der Waals surface area contributed by atoms with E-state index in [9.17, 15) is 26.8 Å². The number of hydrogen-bond acceptors (Lipinski definition) is 5. The van der Waals surface area contributed by atoms with Crippen molar-refractivity contribution in [3.63, 3.8) is 0 Å². The molecule has 1 aliphatic carbocycles. The van der Waals surface area contributed by atoms with Crippen LogP contribution in [-0.2, 0) is 20.2 Å². The van der Waals surface area contributed by atoms with Gasteiger partial charge in [0.2, 0.25) is 5.91 Å². The van der Waals surface area contributed by atoms with Crippen molar-refractivity contribution in [3.05, 3.63) is 77.5 Å². The van der Waals surface area contributed by atoms with Gasteiger partial charge in [0.25, 0.3) is 15.9 Å². The van der Waals surface area contributed by atoms with Crippen LogP contribution >= 0.6 is 0 Å². The van der Waals surface area contributed by atoms with Crippen molar-refractivity contribution in [2.45, 2.75) is 29.6 Å². The number of hydrogen-bond donors (Lipinski definition) is 3. The molecular formula is C23H18F2N4O4S. The Balaban J connectivity index is 1.58. The van der Waals surface area contributed by atoms with Crippen LogP contribution in [0.3, 0.4) is 0 Å². The molecule has 0 atom stereocenters. The number of amides is 2. The van der Waals surface area contributed by atoms with E-state index < -0.39 is 37.9 Å². The number of nitrogens with zero attached hydrogens (tertiary/aromatic N) is 1. The summed E-state index contributed by atoms with van der Waals surface area (Å²) in [6.45, 7) is 0. The number of rotatable bonds is 5. The van der Waals surface area contributed by atoms with E-state index in [-0.39, 0.29) is 23.0 Å².